The van der Waals surface area contributed by atoms with Crippen LogP contribution in [0.25, 0.3) is 33.6 Å². The normalized spacial score (nSPS) is 12.1. The van der Waals surface area contributed by atoms with Crippen molar-refractivity contribution in [2.45, 2.75) is 16.3 Å². The van der Waals surface area contributed by atoms with E-state index in [2.05, 4.69) is 15.3 Å². The van der Waals surface area contributed by atoms with Gasteiger partial charge >= 0.3 is 0 Å². The van der Waals surface area contributed by atoms with Gasteiger partial charge in [0.15, 0.2) is 5.82 Å². The number of aromatic nitrogens is 2. The summed E-state index contributed by atoms with van der Waals surface area (Å²) in [6.07, 6.45) is 2.83. The lowest BCUT2D eigenvalue weighted by Crippen LogP contribution is -2.21. The first-order chi connectivity index (χ1) is 18.6. The summed E-state index contributed by atoms with van der Waals surface area (Å²) >= 11 is 0. The van der Waals surface area contributed by atoms with Gasteiger partial charge in [-0.2, -0.15) is 0 Å². The van der Waals surface area contributed by atoms with Gasteiger partial charge < -0.3 is 15.5 Å². The molecule has 5 rings (SSSR count). The van der Waals surface area contributed by atoms with Crippen molar-refractivity contribution in [1.29, 1.82) is 0 Å². The number of anilines is 1. The number of fused-ring (bicyclic) bond motifs is 1. The molecular weight excluding hydrogens is 536 g/mol. The molecule has 200 valence electrons. The molecule has 11 heteroatoms. The van der Waals surface area contributed by atoms with Crippen molar-refractivity contribution < 1.29 is 21.3 Å². The molecule has 0 saturated heterocycles. The number of benzene rings is 3. The molecule has 0 aliphatic rings. The smallest absolute Gasteiger partial charge is 0.206 e. The van der Waals surface area contributed by atoms with E-state index in [4.69, 9.17) is 10.2 Å². The summed E-state index contributed by atoms with van der Waals surface area (Å²) in [5, 5.41) is 3.77. The third kappa shape index (κ3) is 6.00. The van der Waals surface area contributed by atoms with Gasteiger partial charge in [0.2, 0.25) is 9.84 Å². The quantitative estimate of drug-likeness (QED) is 0.254. The van der Waals surface area contributed by atoms with Crippen LogP contribution >= 0.6 is 0 Å². The van der Waals surface area contributed by atoms with E-state index in [1.165, 1.54) is 18.4 Å². The fourth-order valence-corrected chi connectivity index (χ4v) is 5.86. The first-order valence-electron chi connectivity index (χ1n) is 12.0. The lowest BCUT2D eigenvalue weighted by Gasteiger charge is -2.08. The van der Waals surface area contributed by atoms with Gasteiger partial charge in [0.25, 0.3) is 0 Å². The number of nitrogens with zero attached hydrogens (tertiary/aromatic N) is 2. The molecule has 0 fully saturated rings. The van der Waals surface area contributed by atoms with Crippen LogP contribution in [0.15, 0.2) is 99.3 Å². The van der Waals surface area contributed by atoms with Gasteiger partial charge in [0, 0.05) is 41.4 Å². The maximum Gasteiger partial charge on any atom is 0.206 e. The maximum absolute atomic E-state index is 12.9. The van der Waals surface area contributed by atoms with E-state index in [0.29, 0.717) is 47.0 Å². The zero-order chi connectivity index (χ0) is 27.6. The largest absolute Gasteiger partial charge is 0.464 e. The van der Waals surface area contributed by atoms with Crippen molar-refractivity contribution in [3.05, 3.63) is 90.7 Å². The maximum atomic E-state index is 12.9. The molecule has 0 amide bonds. The Morgan fingerprint density at radius 3 is 2.26 bits per heavy atom. The standard InChI is InChI=1S/C28H26N4O5S2/c1-38(33,34)14-13-30-17-19-15-26(37-18-19)21-9-12-24-25(16-21)31-28(32-27(24)29)20-7-10-23(11-8-20)39(35,36)22-5-3-2-4-6-22/h2-12,15-16,18,30H,13-14,17H2,1H3,(H2,29,31,32). The highest BCUT2D eigenvalue weighted by atomic mass is 32.2. The Balaban J connectivity index is 1.39. The van der Waals surface area contributed by atoms with Crippen LogP contribution in [-0.4, -0.2) is 45.4 Å². The van der Waals surface area contributed by atoms with Crippen LogP contribution in [0.1, 0.15) is 5.56 Å². The van der Waals surface area contributed by atoms with E-state index in [1.807, 2.05) is 24.3 Å². The minimum atomic E-state index is -3.64. The first-order valence-corrected chi connectivity index (χ1v) is 15.6. The highest BCUT2D eigenvalue weighted by Gasteiger charge is 2.18. The average Bonchev–Trinajstić information content (AvgIpc) is 3.40. The van der Waals surface area contributed by atoms with Crippen LogP contribution in [0.5, 0.6) is 0 Å². The average molecular weight is 563 g/mol. The summed E-state index contributed by atoms with van der Waals surface area (Å²) in [4.78, 5) is 9.51. The topological polar surface area (TPSA) is 145 Å². The monoisotopic (exact) mass is 562 g/mol. The first kappa shape index (κ1) is 26.5. The Hall–Kier alpha value is -4.06. The molecule has 3 aromatic carbocycles. The molecule has 9 nitrogen and oxygen atoms in total. The van der Waals surface area contributed by atoms with Crippen molar-refractivity contribution >= 4 is 36.4 Å². The molecule has 5 aromatic rings. The van der Waals surface area contributed by atoms with Gasteiger partial charge in [0.05, 0.1) is 27.3 Å². The highest BCUT2D eigenvalue weighted by Crippen LogP contribution is 2.30. The molecule has 0 bridgehead atoms. The second kappa shape index (κ2) is 10.6. The highest BCUT2D eigenvalue weighted by molar-refractivity contribution is 7.91. The summed E-state index contributed by atoms with van der Waals surface area (Å²) < 4.78 is 54.1. The van der Waals surface area contributed by atoms with Crippen molar-refractivity contribution in [3.63, 3.8) is 0 Å². The number of nitrogens with one attached hydrogen (secondary N) is 1. The lowest BCUT2D eigenvalue weighted by molar-refractivity contribution is 0.574. The predicted octanol–water partition coefficient (Wildman–Crippen LogP) is 4.11. The number of furan rings is 1. The molecule has 0 unspecified atom stereocenters. The minimum absolute atomic E-state index is 0.0669. The predicted molar refractivity (Wildman–Crippen MR) is 150 cm³/mol. The van der Waals surface area contributed by atoms with E-state index < -0.39 is 19.7 Å². The zero-order valence-electron chi connectivity index (χ0n) is 21.0. The van der Waals surface area contributed by atoms with Crippen LogP contribution in [-0.2, 0) is 26.2 Å². The summed E-state index contributed by atoms with van der Waals surface area (Å²) in [5.41, 5.74) is 9.15. The van der Waals surface area contributed by atoms with Gasteiger partial charge in [-0.3, -0.25) is 0 Å². The molecule has 0 aliphatic carbocycles. The van der Waals surface area contributed by atoms with E-state index in [1.54, 1.807) is 48.7 Å². The Morgan fingerprint density at radius 2 is 1.54 bits per heavy atom. The molecule has 2 heterocycles. The van der Waals surface area contributed by atoms with Crippen molar-refractivity contribution in [2.24, 2.45) is 0 Å². The number of nitrogens with two attached hydrogens (primary N) is 1. The fourth-order valence-electron chi connectivity index (χ4n) is 4.07. The molecule has 0 saturated carbocycles. The second-order valence-electron chi connectivity index (χ2n) is 9.13. The number of hydrogen-bond donors (Lipinski definition) is 2. The van der Waals surface area contributed by atoms with Crippen LogP contribution < -0.4 is 11.1 Å². The van der Waals surface area contributed by atoms with Gasteiger partial charge in [-0.05, 0) is 54.6 Å². The Bertz CT molecular complexity index is 1850. The van der Waals surface area contributed by atoms with Gasteiger partial charge in [0.1, 0.15) is 21.4 Å². The van der Waals surface area contributed by atoms with Crippen LogP contribution in [0.2, 0.25) is 0 Å². The van der Waals surface area contributed by atoms with Crippen molar-refractivity contribution in [3.8, 4) is 22.7 Å². The van der Waals surface area contributed by atoms with E-state index >= 15 is 0 Å². The summed E-state index contributed by atoms with van der Waals surface area (Å²) in [6, 6.07) is 22.1. The van der Waals surface area contributed by atoms with Crippen molar-refractivity contribution in [1.82, 2.24) is 15.3 Å². The van der Waals surface area contributed by atoms with Crippen LogP contribution in [0.4, 0.5) is 5.82 Å². The van der Waals surface area contributed by atoms with Crippen LogP contribution in [0, 0.1) is 0 Å². The fraction of sp³-hybridized carbons (Fsp3) is 0.143. The number of hydrogen-bond acceptors (Lipinski definition) is 9. The second-order valence-corrected chi connectivity index (χ2v) is 13.3. The molecule has 0 spiro atoms. The number of rotatable bonds is 9. The summed E-state index contributed by atoms with van der Waals surface area (Å²) in [7, 11) is -6.66. The summed E-state index contributed by atoms with van der Waals surface area (Å²) in [5.74, 6) is 1.37. The van der Waals surface area contributed by atoms with Gasteiger partial charge in [-0.25, -0.2) is 26.8 Å². The Kier molecular flexibility index (Phi) is 7.21. The molecule has 39 heavy (non-hydrogen) atoms. The Labute approximate surface area is 226 Å². The molecule has 0 aliphatic heterocycles. The molecule has 2 aromatic heterocycles. The lowest BCUT2D eigenvalue weighted by atomic mass is 10.1. The SMILES string of the molecule is CS(=O)(=O)CCNCc1coc(-c2ccc3c(N)nc(-c4ccc(S(=O)(=O)c5ccccc5)cc4)nc3c2)c1. The van der Waals surface area contributed by atoms with E-state index in [0.717, 1.165) is 11.1 Å². The third-order valence-electron chi connectivity index (χ3n) is 6.12. The van der Waals surface area contributed by atoms with Crippen molar-refractivity contribution in [2.75, 3.05) is 24.3 Å². The van der Waals surface area contributed by atoms with Gasteiger partial charge in [-0.1, -0.05) is 24.3 Å². The van der Waals surface area contributed by atoms with Gasteiger partial charge in [-0.15, -0.1) is 0 Å². The number of sulfone groups is 2. The third-order valence-corrected chi connectivity index (χ3v) is 8.85. The Morgan fingerprint density at radius 1 is 0.846 bits per heavy atom. The van der Waals surface area contributed by atoms with E-state index in [9.17, 15) is 16.8 Å². The summed E-state index contributed by atoms with van der Waals surface area (Å²) in [6.45, 7) is 0.829. The molecule has 3 N–H and O–H groups in total. The number of nitrogen functional groups attached to an aromatic ring is 1. The molecule has 0 atom stereocenters. The molecular formula is C28H26N4O5S2. The molecule has 0 radical (unpaired) electrons. The zero-order valence-corrected chi connectivity index (χ0v) is 22.7. The van der Waals surface area contributed by atoms with E-state index in [-0.39, 0.29) is 15.5 Å². The van der Waals surface area contributed by atoms with Crippen LogP contribution in [0.3, 0.4) is 0 Å². The minimum Gasteiger partial charge on any atom is -0.464 e.